The second kappa shape index (κ2) is 4.71. The molecule has 1 amide bonds. The molecule has 0 aliphatic carbocycles. The largest absolute Gasteiger partial charge is 0.316 e. The minimum Gasteiger partial charge on any atom is -0.316 e. The molecule has 2 heterocycles. The predicted octanol–water partition coefficient (Wildman–Crippen LogP) is 0.514. The van der Waals surface area contributed by atoms with Crippen LogP contribution in [0.25, 0.3) is 0 Å². The molecule has 1 fully saturated rings. The van der Waals surface area contributed by atoms with Crippen molar-refractivity contribution < 1.29 is 4.79 Å². The number of rotatable bonds is 4. The summed E-state index contributed by atoms with van der Waals surface area (Å²) in [6, 6.07) is 6.32. The highest BCUT2D eigenvalue weighted by atomic mass is 16.2. The third-order valence-electron chi connectivity index (χ3n) is 3.85. The van der Waals surface area contributed by atoms with E-state index in [2.05, 4.69) is 28.8 Å². The summed E-state index contributed by atoms with van der Waals surface area (Å²) in [7, 11) is 1.84. The number of anilines is 1. The van der Waals surface area contributed by atoms with Crippen molar-refractivity contribution in [2.24, 2.45) is 5.92 Å². The minimum atomic E-state index is 0.190. The standard InChI is InChI=1S/C14H19N3O/c1-17-13-3-2-10(4-12(13)5-14(17)18)6-15-7-11-8-16-9-11/h2-4,11,15-16H,5-9H2,1H3. The number of benzene rings is 1. The van der Waals surface area contributed by atoms with Crippen molar-refractivity contribution in [1.82, 2.24) is 10.6 Å². The van der Waals surface area contributed by atoms with Crippen LogP contribution >= 0.6 is 0 Å². The summed E-state index contributed by atoms with van der Waals surface area (Å²) in [6.45, 7) is 4.23. The number of hydrogen-bond acceptors (Lipinski definition) is 3. The van der Waals surface area contributed by atoms with Gasteiger partial charge in [0.25, 0.3) is 0 Å². The van der Waals surface area contributed by atoms with Crippen molar-refractivity contribution in [1.29, 1.82) is 0 Å². The maximum Gasteiger partial charge on any atom is 0.231 e. The highest BCUT2D eigenvalue weighted by Crippen LogP contribution is 2.28. The number of nitrogens with zero attached hydrogens (tertiary/aromatic N) is 1. The van der Waals surface area contributed by atoms with Crippen LogP contribution in [0.15, 0.2) is 18.2 Å². The van der Waals surface area contributed by atoms with Gasteiger partial charge in [-0.25, -0.2) is 0 Å². The molecule has 0 atom stereocenters. The van der Waals surface area contributed by atoms with Gasteiger partial charge in [-0.1, -0.05) is 12.1 Å². The summed E-state index contributed by atoms with van der Waals surface area (Å²) in [5, 5.41) is 6.75. The molecular formula is C14H19N3O. The molecular weight excluding hydrogens is 226 g/mol. The lowest BCUT2D eigenvalue weighted by Crippen LogP contribution is -2.47. The lowest BCUT2D eigenvalue weighted by atomic mass is 10.0. The molecule has 96 valence electrons. The molecule has 4 heteroatoms. The first-order valence-electron chi connectivity index (χ1n) is 6.54. The van der Waals surface area contributed by atoms with Crippen LogP contribution in [0.5, 0.6) is 0 Å². The van der Waals surface area contributed by atoms with E-state index in [1.54, 1.807) is 4.90 Å². The fraction of sp³-hybridized carbons (Fsp3) is 0.500. The van der Waals surface area contributed by atoms with Gasteiger partial charge in [0.1, 0.15) is 0 Å². The molecule has 2 N–H and O–H groups in total. The van der Waals surface area contributed by atoms with Gasteiger partial charge in [0.15, 0.2) is 0 Å². The van der Waals surface area contributed by atoms with E-state index in [0.717, 1.165) is 43.3 Å². The predicted molar refractivity (Wildman–Crippen MR) is 71.6 cm³/mol. The lowest BCUT2D eigenvalue weighted by Gasteiger charge is -2.27. The summed E-state index contributed by atoms with van der Waals surface area (Å²) in [4.78, 5) is 13.3. The van der Waals surface area contributed by atoms with Crippen LogP contribution in [0.1, 0.15) is 11.1 Å². The maximum absolute atomic E-state index is 11.6. The Bertz CT molecular complexity index is 468. The van der Waals surface area contributed by atoms with Gasteiger partial charge in [-0.2, -0.15) is 0 Å². The number of nitrogens with one attached hydrogen (secondary N) is 2. The average Bonchev–Trinajstić information content (AvgIpc) is 2.58. The van der Waals surface area contributed by atoms with Crippen LogP contribution in [0.4, 0.5) is 5.69 Å². The molecule has 18 heavy (non-hydrogen) atoms. The Morgan fingerprint density at radius 3 is 3.00 bits per heavy atom. The Balaban J connectivity index is 1.60. The fourth-order valence-corrected chi connectivity index (χ4v) is 2.55. The van der Waals surface area contributed by atoms with Gasteiger partial charge in [-0.3, -0.25) is 4.79 Å². The summed E-state index contributed by atoms with van der Waals surface area (Å²) < 4.78 is 0. The molecule has 0 radical (unpaired) electrons. The molecule has 0 aromatic heterocycles. The van der Waals surface area contributed by atoms with Crippen LogP contribution < -0.4 is 15.5 Å². The zero-order chi connectivity index (χ0) is 12.5. The molecule has 4 nitrogen and oxygen atoms in total. The molecule has 2 aliphatic rings. The van der Waals surface area contributed by atoms with Crippen molar-refractivity contribution in [3.63, 3.8) is 0 Å². The number of fused-ring (bicyclic) bond motifs is 1. The number of likely N-dealkylation sites (N-methyl/N-ethyl adjacent to an activating group) is 1. The van der Waals surface area contributed by atoms with E-state index >= 15 is 0 Å². The first-order chi connectivity index (χ1) is 8.74. The number of carbonyl (C=O) groups is 1. The molecule has 3 rings (SSSR count). The monoisotopic (exact) mass is 245 g/mol. The van der Waals surface area contributed by atoms with Crippen molar-refractivity contribution in [2.75, 3.05) is 31.6 Å². The summed E-state index contributed by atoms with van der Waals surface area (Å²) in [5.41, 5.74) is 3.49. The van der Waals surface area contributed by atoms with Gasteiger partial charge in [-0.15, -0.1) is 0 Å². The zero-order valence-corrected chi connectivity index (χ0v) is 10.7. The minimum absolute atomic E-state index is 0.190. The van der Waals surface area contributed by atoms with E-state index in [1.807, 2.05) is 7.05 Å². The van der Waals surface area contributed by atoms with E-state index in [0.29, 0.717) is 6.42 Å². The fourth-order valence-electron chi connectivity index (χ4n) is 2.55. The van der Waals surface area contributed by atoms with E-state index in [-0.39, 0.29) is 5.91 Å². The highest BCUT2D eigenvalue weighted by Gasteiger charge is 2.23. The van der Waals surface area contributed by atoms with E-state index in [1.165, 1.54) is 5.56 Å². The molecule has 0 unspecified atom stereocenters. The van der Waals surface area contributed by atoms with Crippen LogP contribution in [0.2, 0.25) is 0 Å². The number of amides is 1. The Morgan fingerprint density at radius 1 is 1.44 bits per heavy atom. The molecule has 0 bridgehead atoms. The molecule has 1 saturated heterocycles. The van der Waals surface area contributed by atoms with Crippen molar-refractivity contribution in [2.45, 2.75) is 13.0 Å². The molecule has 0 spiro atoms. The average molecular weight is 245 g/mol. The summed E-state index contributed by atoms with van der Waals surface area (Å²) in [5.74, 6) is 0.975. The molecule has 1 aromatic rings. The van der Waals surface area contributed by atoms with Crippen LogP contribution in [0, 0.1) is 5.92 Å². The Kier molecular flexibility index (Phi) is 3.06. The molecule has 1 aromatic carbocycles. The van der Waals surface area contributed by atoms with Crippen LogP contribution in [-0.4, -0.2) is 32.6 Å². The molecule has 0 saturated carbocycles. The normalized spacial score (nSPS) is 18.9. The summed E-state index contributed by atoms with van der Waals surface area (Å²) in [6.07, 6.45) is 0.548. The Labute approximate surface area is 107 Å². The van der Waals surface area contributed by atoms with Gasteiger partial charge in [0, 0.05) is 38.9 Å². The number of carbonyl (C=O) groups excluding carboxylic acids is 1. The third-order valence-corrected chi connectivity index (χ3v) is 3.85. The Hall–Kier alpha value is -1.39. The smallest absolute Gasteiger partial charge is 0.231 e. The second-order valence-corrected chi connectivity index (χ2v) is 5.25. The van der Waals surface area contributed by atoms with Gasteiger partial charge in [0.05, 0.1) is 6.42 Å². The first kappa shape index (κ1) is 11.7. The third kappa shape index (κ3) is 2.13. The number of hydrogen-bond donors (Lipinski definition) is 2. The van der Waals surface area contributed by atoms with Gasteiger partial charge < -0.3 is 15.5 Å². The highest BCUT2D eigenvalue weighted by molar-refractivity contribution is 6.00. The summed E-state index contributed by atoms with van der Waals surface area (Å²) >= 11 is 0. The van der Waals surface area contributed by atoms with E-state index < -0.39 is 0 Å². The van der Waals surface area contributed by atoms with Gasteiger partial charge >= 0.3 is 0 Å². The van der Waals surface area contributed by atoms with Crippen molar-refractivity contribution >= 4 is 11.6 Å². The van der Waals surface area contributed by atoms with Gasteiger partial charge in [-0.05, 0) is 23.1 Å². The lowest BCUT2D eigenvalue weighted by molar-refractivity contribution is -0.117. The van der Waals surface area contributed by atoms with E-state index in [4.69, 9.17) is 0 Å². The molecule has 2 aliphatic heterocycles. The SMILES string of the molecule is CN1C(=O)Cc2cc(CNCC3CNC3)ccc21. The second-order valence-electron chi connectivity index (χ2n) is 5.25. The quantitative estimate of drug-likeness (QED) is 0.812. The topological polar surface area (TPSA) is 44.4 Å². The van der Waals surface area contributed by atoms with Crippen LogP contribution in [-0.2, 0) is 17.8 Å². The zero-order valence-electron chi connectivity index (χ0n) is 10.7. The van der Waals surface area contributed by atoms with E-state index in [9.17, 15) is 4.79 Å². The van der Waals surface area contributed by atoms with Crippen molar-refractivity contribution in [3.8, 4) is 0 Å². The van der Waals surface area contributed by atoms with Gasteiger partial charge in [0.2, 0.25) is 5.91 Å². The maximum atomic E-state index is 11.6. The van der Waals surface area contributed by atoms with Crippen LogP contribution in [0.3, 0.4) is 0 Å². The van der Waals surface area contributed by atoms with Crippen molar-refractivity contribution in [3.05, 3.63) is 29.3 Å². The first-order valence-corrected chi connectivity index (χ1v) is 6.54. The Morgan fingerprint density at radius 2 is 2.28 bits per heavy atom.